The smallest absolute Gasteiger partial charge is 0.161 e. The van der Waals surface area contributed by atoms with Crippen LogP contribution in [0.25, 0.3) is 11.4 Å². The van der Waals surface area contributed by atoms with Gasteiger partial charge in [-0.05, 0) is 49.1 Å². The summed E-state index contributed by atoms with van der Waals surface area (Å²) in [6, 6.07) is 9.47. The molecule has 1 fully saturated rings. The molecule has 0 aliphatic heterocycles. The molecule has 1 aliphatic rings. The van der Waals surface area contributed by atoms with E-state index >= 15 is 0 Å². The van der Waals surface area contributed by atoms with E-state index in [0.29, 0.717) is 11.7 Å². The molecule has 3 aromatic rings. The first-order chi connectivity index (χ1) is 13.2. The second-order valence-corrected chi connectivity index (χ2v) is 6.91. The standard InChI is InChI=1S/C20H23N5O2/c1-27-16-4-2-15(3-5-16)20-22-7-6-19(24-20)23-17-10-14(11-18(17)26)12-25-9-8-21-13-25/h2-9,13-14,17-18,26H,10-12H2,1H3,(H,22,23,24)/t14?,17-,18-/m1/s1. The number of imidazole rings is 1. The van der Waals surface area contributed by atoms with E-state index in [9.17, 15) is 5.11 Å². The number of rotatable bonds is 6. The first-order valence-corrected chi connectivity index (χ1v) is 9.09. The van der Waals surface area contributed by atoms with Gasteiger partial charge in [-0.25, -0.2) is 15.0 Å². The first kappa shape index (κ1) is 17.5. The molecular formula is C20H23N5O2. The van der Waals surface area contributed by atoms with Crippen molar-refractivity contribution in [3.05, 3.63) is 55.2 Å². The van der Waals surface area contributed by atoms with Gasteiger partial charge in [0.05, 0.1) is 25.6 Å². The Hall–Kier alpha value is -2.93. The van der Waals surface area contributed by atoms with E-state index < -0.39 is 6.10 Å². The molecule has 27 heavy (non-hydrogen) atoms. The summed E-state index contributed by atoms with van der Waals surface area (Å²) in [4.78, 5) is 13.0. The molecule has 140 valence electrons. The van der Waals surface area contributed by atoms with Gasteiger partial charge < -0.3 is 19.7 Å². The summed E-state index contributed by atoms with van der Waals surface area (Å²) < 4.78 is 7.25. The molecule has 0 bridgehead atoms. The van der Waals surface area contributed by atoms with E-state index in [0.717, 1.165) is 36.5 Å². The number of aromatic nitrogens is 4. The lowest BCUT2D eigenvalue weighted by molar-refractivity contribution is 0.166. The van der Waals surface area contributed by atoms with Gasteiger partial charge in [0, 0.05) is 30.7 Å². The van der Waals surface area contributed by atoms with Crippen LogP contribution in [-0.4, -0.2) is 43.9 Å². The number of ether oxygens (including phenoxy) is 1. The number of aliphatic hydroxyl groups excluding tert-OH is 1. The third-order valence-corrected chi connectivity index (χ3v) is 4.99. The van der Waals surface area contributed by atoms with Gasteiger partial charge in [-0.2, -0.15) is 0 Å². The Labute approximate surface area is 158 Å². The van der Waals surface area contributed by atoms with Gasteiger partial charge in [0.15, 0.2) is 5.82 Å². The van der Waals surface area contributed by atoms with Crippen LogP contribution in [-0.2, 0) is 6.54 Å². The lowest BCUT2D eigenvalue weighted by Crippen LogP contribution is -2.28. The maximum Gasteiger partial charge on any atom is 0.161 e. The van der Waals surface area contributed by atoms with Gasteiger partial charge in [0.1, 0.15) is 11.6 Å². The van der Waals surface area contributed by atoms with Crippen LogP contribution < -0.4 is 10.1 Å². The molecule has 0 radical (unpaired) electrons. The van der Waals surface area contributed by atoms with Crippen molar-refractivity contribution in [2.75, 3.05) is 12.4 Å². The third kappa shape index (κ3) is 4.09. The minimum Gasteiger partial charge on any atom is -0.497 e. The van der Waals surface area contributed by atoms with Crippen LogP contribution in [0.3, 0.4) is 0 Å². The van der Waals surface area contributed by atoms with Crippen LogP contribution in [0.5, 0.6) is 5.75 Å². The summed E-state index contributed by atoms with van der Waals surface area (Å²) in [5.41, 5.74) is 0.921. The van der Waals surface area contributed by atoms with E-state index in [1.165, 1.54) is 0 Å². The molecule has 2 aromatic heterocycles. The Kier molecular flexibility index (Phi) is 5.02. The Bertz CT molecular complexity index is 866. The maximum atomic E-state index is 10.4. The van der Waals surface area contributed by atoms with Crippen molar-refractivity contribution in [3.63, 3.8) is 0 Å². The quantitative estimate of drug-likeness (QED) is 0.698. The normalized spacial score (nSPS) is 21.9. The molecule has 1 aliphatic carbocycles. The average molecular weight is 365 g/mol. The SMILES string of the molecule is COc1ccc(-c2nccc(N[C@@H]3CC(Cn4ccnc4)C[C@H]3O)n2)cc1. The maximum absolute atomic E-state index is 10.4. The molecule has 7 heteroatoms. The molecule has 1 unspecified atom stereocenters. The zero-order valence-corrected chi connectivity index (χ0v) is 15.2. The van der Waals surface area contributed by atoms with Crippen molar-refractivity contribution < 1.29 is 9.84 Å². The first-order valence-electron chi connectivity index (χ1n) is 9.09. The van der Waals surface area contributed by atoms with E-state index in [2.05, 4.69) is 24.8 Å². The largest absolute Gasteiger partial charge is 0.497 e. The summed E-state index contributed by atoms with van der Waals surface area (Å²) in [6.45, 7) is 0.871. The number of aliphatic hydroxyl groups is 1. The summed E-state index contributed by atoms with van der Waals surface area (Å²) in [5, 5.41) is 13.8. The topological polar surface area (TPSA) is 85.1 Å². The highest BCUT2D eigenvalue weighted by molar-refractivity contribution is 5.58. The monoisotopic (exact) mass is 365 g/mol. The molecular weight excluding hydrogens is 342 g/mol. The number of nitrogens with one attached hydrogen (secondary N) is 1. The molecule has 1 aromatic carbocycles. The van der Waals surface area contributed by atoms with Crippen LogP contribution in [0.2, 0.25) is 0 Å². The number of hydrogen-bond donors (Lipinski definition) is 2. The summed E-state index contributed by atoms with van der Waals surface area (Å²) in [6.07, 6.45) is 8.56. The summed E-state index contributed by atoms with van der Waals surface area (Å²) in [5.74, 6) is 2.58. The van der Waals surface area contributed by atoms with Crippen LogP contribution in [0.1, 0.15) is 12.8 Å². The van der Waals surface area contributed by atoms with Gasteiger partial charge in [0.25, 0.3) is 0 Å². The Balaban J connectivity index is 1.43. The van der Waals surface area contributed by atoms with Crippen molar-refractivity contribution in [1.82, 2.24) is 19.5 Å². The van der Waals surface area contributed by atoms with Crippen LogP contribution in [0.4, 0.5) is 5.82 Å². The highest BCUT2D eigenvalue weighted by atomic mass is 16.5. The van der Waals surface area contributed by atoms with Gasteiger partial charge in [-0.1, -0.05) is 0 Å². The summed E-state index contributed by atoms with van der Waals surface area (Å²) in [7, 11) is 1.64. The zero-order valence-electron chi connectivity index (χ0n) is 15.2. The van der Waals surface area contributed by atoms with E-state index in [4.69, 9.17) is 4.74 Å². The van der Waals surface area contributed by atoms with Gasteiger partial charge in [-0.3, -0.25) is 0 Å². The Morgan fingerprint density at radius 2 is 2.04 bits per heavy atom. The fourth-order valence-corrected chi connectivity index (χ4v) is 3.62. The minimum atomic E-state index is -0.391. The van der Waals surface area contributed by atoms with E-state index in [-0.39, 0.29) is 6.04 Å². The number of methoxy groups -OCH3 is 1. The van der Waals surface area contributed by atoms with Crippen molar-refractivity contribution in [2.45, 2.75) is 31.5 Å². The molecule has 1 saturated carbocycles. The van der Waals surface area contributed by atoms with E-state index in [1.807, 2.05) is 42.9 Å². The summed E-state index contributed by atoms with van der Waals surface area (Å²) >= 11 is 0. The van der Waals surface area contributed by atoms with Crippen molar-refractivity contribution in [3.8, 4) is 17.1 Å². The molecule has 0 saturated heterocycles. The Morgan fingerprint density at radius 3 is 2.78 bits per heavy atom. The fourth-order valence-electron chi connectivity index (χ4n) is 3.62. The van der Waals surface area contributed by atoms with Crippen LogP contribution >= 0.6 is 0 Å². The number of hydrogen-bond acceptors (Lipinski definition) is 6. The number of nitrogens with zero attached hydrogens (tertiary/aromatic N) is 4. The lowest BCUT2D eigenvalue weighted by Gasteiger charge is -2.17. The fraction of sp³-hybridized carbons (Fsp3) is 0.350. The second kappa shape index (κ2) is 7.75. The molecule has 0 spiro atoms. The lowest BCUT2D eigenvalue weighted by atomic mass is 10.1. The average Bonchev–Trinajstić information content (AvgIpc) is 3.32. The van der Waals surface area contributed by atoms with Crippen molar-refractivity contribution >= 4 is 5.82 Å². The van der Waals surface area contributed by atoms with Gasteiger partial charge in [0.2, 0.25) is 0 Å². The molecule has 4 rings (SSSR count). The molecule has 7 nitrogen and oxygen atoms in total. The molecule has 2 heterocycles. The highest BCUT2D eigenvalue weighted by Crippen LogP contribution is 2.30. The Morgan fingerprint density at radius 1 is 1.19 bits per heavy atom. The van der Waals surface area contributed by atoms with E-state index in [1.54, 1.807) is 19.5 Å². The zero-order chi connectivity index (χ0) is 18.6. The minimum absolute atomic E-state index is 0.0165. The molecule has 3 atom stereocenters. The van der Waals surface area contributed by atoms with Crippen molar-refractivity contribution in [1.29, 1.82) is 0 Å². The number of benzene rings is 1. The van der Waals surface area contributed by atoms with Crippen LogP contribution in [0.15, 0.2) is 55.2 Å². The van der Waals surface area contributed by atoms with Crippen molar-refractivity contribution in [2.24, 2.45) is 5.92 Å². The van der Waals surface area contributed by atoms with Crippen LogP contribution in [0, 0.1) is 5.92 Å². The highest BCUT2D eigenvalue weighted by Gasteiger charge is 2.33. The third-order valence-electron chi connectivity index (χ3n) is 4.99. The van der Waals surface area contributed by atoms with Gasteiger partial charge in [-0.15, -0.1) is 0 Å². The second-order valence-electron chi connectivity index (χ2n) is 6.91. The van der Waals surface area contributed by atoms with Gasteiger partial charge >= 0.3 is 0 Å². The number of anilines is 1. The molecule has 2 N–H and O–H groups in total. The molecule has 0 amide bonds. The predicted molar refractivity (Wildman–Crippen MR) is 102 cm³/mol. The predicted octanol–water partition coefficient (Wildman–Crippen LogP) is 2.60.